The van der Waals surface area contributed by atoms with Crippen LogP contribution in [0.4, 0.5) is 0 Å². The number of aromatic nitrogens is 2. The second kappa shape index (κ2) is 11.4. The molecule has 0 radical (unpaired) electrons. The average Bonchev–Trinajstić information content (AvgIpc) is 3.55. The van der Waals surface area contributed by atoms with Crippen molar-refractivity contribution < 1.29 is 19.4 Å². The maximum atomic E-state index is 13.3. The van der Waals surface area contributed by atoms with Crippen molar-refractivity contribution in [3.8, 4) is 5.75 Å². The van der Waals surface area contributed by atoms with E-state index in [9.17, 15) is 14.7 Å². The lowest BCUT2D eigenvalue weighted by Crippen LogP contribution is -2.31. The number of likely N-dealkylation sites (tertiary alicyclic amines) is 1. The summed E-state index contributed by atoms with van der Waals surface area (Å²) in [5, 5.41) is 11.3. The molecular weight excluding hydrogens is 490 g/mol. The smallest absolute Gasteiger partial charge is 0.295 e. The molecule has 0 aliphatic carbocycles. The summed E-state index contributed by atoms with van der Waals surface area (Å²) in [7, 11) is 0. The van der Waals surface area contributed by atoms with Crippen LogP contribution in [-0.2, 0) is 22.7 Å². The lowest BCUT2D eigenvalue weighted by molar-refractivity contribution is -0.139. The molecule has 7 heteroatoms. The van der Waals surface area contributed by atoms with Crippen molar-refractivity contribution in [2.75, 3.05) is 6.54 Å². The minimum Gasteiger partial charge on any atom is -0.507 e. The number of aliphatic hydroxyl groups excluding tert-OH is 1. The van der Waals surface area contributed by atoms with Crippen LogP contribution in [0.5, 0.6) is 5.75 Å². The first-order valence-corrected chi connectivity index (χ1v) is 13.0. The van der Waals surface area contributed by atoms with Gasteiger partial charge in [-0.1, -0.05) is 59.7 Å². The number of hydrogen-bond donors (Lipinski definition) is 1. The number of rotatable bonds is 9. The molecule has 7 nitrogen and oxygen atoms in total. The number of imidazole rings is 1. The van der Waals surface area contributed by atoms with Gasteiger partial charge in [-0.3, -0.25) is 9.59 Å². The molecule has 0 unspecified atom stereocenters. The van der Waals surface area contributed by atoms with Gasteiger partial charge in [0.25, 0.3) is 11.7 Å². The summed E-state index contributed by atoms with van der Waals surface area (Å²) < 4.78 is 7.84. The second-order valence-electron chi connectivity index (χ2n) is 9.86. The van der Waals surface area contributed by atoms with E-state index in [4.69, 9.17) is 4.74 Å². The van der Waals surface area contributed by atoms with Gasteiger partial charge >= 0.3 is 0 Å². The van der Waals surface area contributed by atoms with E-state index >= 15 is 0 Å². The molecule has 0 bridgehead atoms. The van der Waals surface area contributed by atoms with E-state index in [1.807, 2.05) is 67.1 Å². The van der Waals surface area contributed by atoms with Gasteiger partial charge in [-0.2, -0.15) is 0 Å². The van der Waals surface area contributed by atoms with Crippen LogP contribution in [0.2, 0.25) is 0 Å². The molecule has 3 aromatic carbocycles. The zero-order valence-electron chi connectivity index (χ0n) is 22.1. The fourth-order valence-electron chi connectivity index (χ4n) is 4.88. The van der Waals surface area contributed by atoms with E-state index < -0.39 is 17.7 Å². The molecule has 1 amide bonds. The third kappa shape index (κ3) is 5.77. The summed E-state index contributed by atoms with van der Waals surface area (Å²) in [5.41, 5.74) is 4.62. The molecule has 4 aromatic rings. The van der Waals surface area contributed by atoms with Gasteiger partial charge in [0.2, 0.25) is 0 Å². The van der Waals surface area contributed by atoms with Crippen LogP contribution in [0.3, 0.4) is 0 Å². The normalized spacial score (nSPS) is 16.6. The molecule has 198 valence electrons. The van der Waals surface area contributed by atoms with Gasteiger partial charge in [0.1, 0.15) is 18.1 Å². The van der Waals surface area contributed by atoms with Gasteiger partial charge < -0.3 is 19.3 Å². The fraction of sp³-hybridized carbons (Fsp3) is 0.219. The van der Waals surface area contributed by atoms with Crippen LogP contribution >= 0.6 is 0 Å². The van der Waals surface area contributed by atoms with E-state index in [1.54, 1.807) is 41.7 Å². The van der Waals surface area contributed by atoms with Crippen molar-refractivity contribution in [1.82, 2.24) is 14.5 Å². The largest absolute Gasteiger partial charge is 0.507 e. The topological polar surface area (TPSA) is 84.7 Å². The molecule has 0 spiro atoms. The number of carbonyl (C=O) groups is 2. The molecular formula is C32H31N3O4. The molecule has 1 aliphatic heterocycles. The van der Waals surface area contributed by atoms with Crippen molar-refractivity contribution >= 4 is 17.4 Å². The number of aliphatic hydroxyl groups is 1. The number of Topliss-reactive ketones (excluding diaryl/α,β-unsaturated/α-hetero) is 1. The molecule has 1 atom stereocenters. The molecule has 1 N–H and O–H groups in total. The SMILES string of the molecule is Cc1ccc([C@@H]2C(=C(O)c3ccc(OCc4cccc(C)c4)cc3)C(=O)C(=O)N2CCCn2ccnc2)cc1. The minimum absolute atomic E-state index is 0.0971. The number of aryl methyl sites for hydroxylation is 3. The van der Waals surface area contributed by atoms with E-state index in [0.29, 0.717) is 37.4 Å². The predicted octanol–water partition coefficient (Wildman–Crippen LogP) is 5.59. The molecule has 1 fully saturated rings. The Bertz CT molecular complexity index is 1490. The lowest BCUT2D eigenvalue weighted by atomic mass is 9.94. The van der Waals surface area contributed by atoms with Crippen molar-refractivity contribution in [3.63, 3.8) is 0 Å². The van der Waals surface area contributed by atoms with E-state index in [0.717, 1.165) is 22.3 Å². The van der Waals surface area contributed by atoms with Crippen molar-refractivity contribution in [2.45, 2.75) is 39.5 Å². The Morgan fingerprint density at radius 2 is 1.72 bits per heavy atom. The summed E-state index contributed by atoms with van der Waals surface area (Å²) in [6.07, 6.45) is 5.93. The van der Waals surface area contributed by atoms with Gasteiger partial charge in [-0.15, -0.1) is 0 Å². The highest BCUT2D eigenvalue weighted by Gasteiger charge is 2.45. The van der Waals surface area contributed by atoms with Crippen molar-refractivity contribution in [2.24, 2.45) is 0 Å². The van der Waals surface area contributed by atoms with Gasteiger partial charge in [-0.25, -0.2) is 4.98 Å². The van der Waals surface area contributed by atoms with E-state index in [-0.39, 0.29) is 11.3 Å². The van der Waals surface area contributed by atoms with Crippen LogP contribution < -0.4 is 4.74 Å². The Morgan fingerprint density at radius 3 is 2.41 bits per heavy atom. The molecule has 2 heterocycles. The third-order valence-electron chi connectivity index (χ3n) is 6.92. The number of hydrogen-bond acceptors (Lipinski definition) is 5. The quantitative estimate of drug-likeness (QED) is 0.176. The maximum Gasteiger partial charge on any atom is 0.295 e. The minimum atomic E-state index is -0.680. The summed E-state index contributed by atoms with van der Waals surface area (Å²) in [5.74, 6) is -0.837. The van der Waals surface area contributed by atoms with Gasteiger partial charge in [0.15, 0.2) is 0 Å². The first-order chi connectivity index (χ1) is 18.9. The third-order valence-corrected chi connectivity index (χ3v) is 6.92. The summed E-state index contributed by atoms with van der Waals surface area (Å²) in [6.45, 7) is 5.46. The highest BCUT2D eigenvalue weighted by Crippen LogP contribution is 2.39. The first kappa shape index (κ1) is 26.0. The molecule has 1 aliphatic rings. The predicted molar refractivity (Wildman–Crippen MR) is 149 cm³/mol. The molecule has 39 heavy (non-hydrogen) atoms. The standard InChI is InChI=1S/C32H31N3O4/c1-22-7-9-25(10-8-22)29-28(31(37)32(38)35(29)17-4-16-34-18-15-33-21-34)30(36)26-11-13-27(14-12-26)39-20-24-6-3-5-23(2)19-24/h3,5-15,18-19,21,29,36H,4,16-17,20H2,1-2H3/t29-/m1/s1. The van der Waals surface area contributed by atoms with Gasteiger partial charge in [0.05, 0.1) is 17.9 Å². The van der Waals surface area contributed by atoms with E-state index in [1.165, 1.54) is 0 Å². The molecule has 1 aromatic heterocycles. The summed E-state index contributed by atoms with van der Waals surface area (Å²) in [6, 6.07) is 22.1. The molecule has 0 saturated carbocycles. The van der Waals surface area contributed by atoms with Crippen LogP contribution in [-0.4, -0.2) is 37.8 Å². The first-order valence-electron chi connectivity index (χ1n) is 13.0. The zero-order chi connectivity index (χ0) is 27.4. The lowest BCUT2D eigenvalue weighted by Gasteiger charge is -2.25. The van der Waals surface area contributed by atoms with Crippen LogP contribution in [0.1, 0.15) is 40.3 Å². The van der Waals surface area contributed by atoms with E-state index in [2.05, 4.69) is 11.1 Å². The highest BCUT2D eigenvalue weighted by atomic mass is 16.5. The number of benzene rings is 3. The zero-order valence-corrected chi connectivity index (χ0v) is 22.1. The monoisotopic (exact) mass is 521 g/mol. The number of ether oxygens (including phenoxy) is 1. The Balaban J connectivity index is 1.41. The molecule has 1 saturated heterocycles. The highest BCUT2D eigenvalue weighted by molar-refractivity contribution is 6.46. The number of ketones is 1. The summed E-state index contributed by atoms with van der Waals surface area (Å²) in [4.78, 5) is 32.1. The van der Waals surface area contributed by atoms with Crippen LogP contribution in [0.25, 0.3) is 5.76 Å². The Kier molecular flexibility index (Phi) is 7.59. The Hall–Kier alpha value is -4.65. The average molecular weight is 522 g/mol. The van der Waals surface area contributed by atoms with Gasteiger partial charge in [-0.05, 0) is 55.7 Å². The maximum absolute atomic E-state index is 13.3. The Morgan fingerprint density at radius 1 is 0.949 bits per heavy atom. The number of nitrogens with zero attached hydrogens (tertiary/aromatic N) is 3. The number of amides is 1. The van der Waals surface area contributed by atoms with Crippen LogP contribution in [0.15, 0.2) is 97.1 Å². The number of carbonyl (C=O) groups excluding carboxylic acids is 2. The van der Waals surface area contributed by atoms with Crippen molar-refractivity contribution in [1.29, 1.82) is 0 Å². The second-order valence-corrected chi connectivity index (χ2v) is 9.86. The van der Waals surface area contributed by atoms with Crippen LogP contribution in [0, 0.1) is 13.8 Å². The van der Waals surface area contributed by atoms with Gasteiger partial charge in [0, 0.05) is 31.0 Å². The fourth-order valence-corrected chi connectivity index (χ4v) is 4.88. The molecule has 5 rings (SSSR count). The Labute approximate surface area is 228 Å². The van der Waals surface area contributed by atoms with Crippen molar-refractivity contribution in [3.05, 3.63) is 125 Å². The summed E-state index contributed by atoms with van der Waals surface area (Å²) >= 11 is 0.